The van der Waals surface area contributed by atoms with Crippen molar-refractivity contribution in [3.63, 3.8) is 0 Å². The minimum absolute atomic E-state index is 0.209. The Balaban J connectivity index is 1.81. The Morgan fingerprint density at radius 3 is 2.23 bits per heavy atom. The molecule has 8 nitrogen and oxygen atoms in total. The van der Waals surface area contributed by atoms with Crippen molar-refractivity contribution in [3.8, 4) is 28.5 Å². The summed E-state index contributed by atoms with van der Waals surface area (Å²) in [5.41, 5.74) is 1.38. The Morgan fingerprint density at radius 2 is 1.65 bits per heavy atom. The van der Waals surface area contributed by atoms with Gasteiger partial charge in [-0.2, -0.15) is 5.10 Å². The van der Waals surface area contributed by atoms with Crippen LogP contribution < -0.4 is 25.1 Å². The topological polar surface area (TPSA) is 91.7 Å². The molecule has 0 radical (unpaired) electrons. The second-order valence-electron chi connectivity index (χ2n) is 6.53. The van der Waals surface area contributed by atoms with Crippen LogP contribution in [0.5, 0.6) is 17.2 Å². The number of nitrogens with one attached hydrogen (secondary N) is 1. The minimum atomic E-state index is -0.423. The van der Waals surface area contributed by atoms with Gasteiger partial charge in [-0.3, -0.25) is 9.59 Å². The van der Waals surface area contributed by atoms with Crippen LogP contribution in [0.1, 0.15) is 5.56 Å². The normalized spacial score (nSPS) is 10.5. The maximum Gasteiger partial charge on any atom is 0.267 e. The molecular weight excluding hydrogens is 405 g/mol. The van der Waals surface area contributed by atoms with Crippen LogP contribution in [0.3, 0.4) is 0 Å². The van der Waals surface area contributed by atoms with E-state index in [1.165, 1.54) is 39.5 Å². The maximum absolute atomic E-state index is 13.0. The number of halogens is 1. The number of carbonyl (C=O) groups excluding carboxylic acids is 1. The highest BCUT2D eigenvalue weighted by Gasteiger charge is 2.16. The van der Waals surface area contributed by atoms with Gasteiger partial charge in [0.2, 0.25) is 11.7 Å². The highest BCUT2D eigenvalue weighted by Crippen LogP contribution is 2.40. The molecule has 0 saturated heterocycles. The molecule has 0 unspecified atom stereocenters. The monoisotopic (exact) mass is 427 g/mol. The average Bonchev–Trinajstić information content (AvgIpc) is 2.79. The van der Waals surface area contributed by atoms with E-state index < -0.39 is 11.5 Å². The summed E-state index contributed by atoms with van der Waals surface area (Å²) in [6, 6.07) is 12.1. The zero-order chi connectivity index (χ0) is 22.4. The Morgan fingerprint density at radius 1 is 1.00 bits per heavy atom. The number of ether oxygens (including phenoxy) is 3. The van der Waals surface area contributed by atoms with Crippen molar-refractivity contribution in [3.05, 3.63) is 70.3 Å². The van der Waals surface area contributed by atoms with E-state index in [0.29, 0.717) is 28.5 Å². The summed E-state index contributed by atoms with van der Waals surface area (Å²) in [5, 5.41) is 6.98. The third-order valence-electron chi connectivity index (χ3n) is 4.52. The van der Waals surface area contributed by atoms with Crippen LogP contribution in [0.4, 0.5) is 4.39 Å². The lowest BCUT2D eigenvalue weighted by molar-refractivity contribution is -0.122. The van der Waals surface area contributed by atoms with Gasteiger partial charge in [-0.05, 0) is 35.9 Å². The summed E-state index contributed by atoms with van der Waals surface area (Å²) < 4.78 is 30.1. The molecule has 0 fully saturated rings. The number of nitrogens with zero attached hydrogens (tertiary/aromatic N) is 2. The standard InChI is InChI=1S/C22H22FN3O5/c1-29-18-10-15(11-19(30-2)22(18)31-3)17-8-9-21(28)26(25-17)13-20(27)24-12-14-4-6-16(23)7-5-14/h4-11H,12-13H2,1-3H3,(H,24,27). The number of hydrogen-bond acceptors (Lipinski definition) is 6. The smallest absolute Gasteiger partial charge is 0.267 e. The van der Waals surface area contributed by atoms with Crippen molar-refractivity contribution in [1.82, 2.24) is 15.1 Å². The Kier molecular flexibility index (Phi) is 6.86. The quantitative estimate of drug-likeness (QED) is 0.594. The van der Waals surface area contributed by atoms with Gasteiger partial charge < -0.3 is 19.5 Å². The van der Waals surface area contributed by atoms with Gasteiger partial charge in [-0.25, -0.2) is 9.07 Å². The lowest BCUT2D eigenvalue weighted by Crippen LogP contribution is -2.33. The first-order valence-electron chi connectivity index (χ1n) is 9.35. The molecule has 2 aromatic carbocycles. The van der Waals surface area contributed by atoms with Crippen molar-refractivity contribution < 1.29 is 23.4 Å². The number of carbonyl (C=O) groups is 1. The molecule has 3 aromatic rings. The molecule has 1 N–H and O–H groups in total. The van der Waals surface area contributed by atoms with Gasteiger partial charge in [0.1, 0.15) is 12.4 Å². The zero-order valence-electron chi connectivity index (χ0n) is 17.3. The van der Waals surface area contributed by atoms with Crippen LogP contribution in [0.2, 0.25) is 0 Å². The Labute approximate surface area is 178 Å². The summed E-state index contributed by atoms with van der Waals surface area (Å²) in [6.07, 6.45) is 0. The van der Waals surface area contributed by atoms with Crippen LogP contribution in [0, 0.1) is 5.82 Å². The van der Waals surface area contributed by atoms with E-state index in [-0.39, 0.29) is 18.9 Å². The van der Waals surface area contributed by atoms with Crippen molar-refractivity contribution >= 4 is 5.91 Å². The van der Waals surface area contributed by atoms with Gasteiger partial charge in [0, 0.05) is 18.2 Å². The molecule has 3 rings (SSSR count). The van der Waals surface area contributed by atoms with E-state index in [4.69, 9.17) is 14.2 Å². The third-order valence-corrected chi connectivity index (χ3v) is 4.52. The lowest BCUT2D eigenvalue weighted by Gasteiger charge is -2.14. The minimum Gasteiger partial charge on any atom is -0.493 e. The third kappa shape index (κ3) is 5.19. The number of rotatable bonds is 8. The van der Waals surface area contributed by atoms with E-state index in [1.807, 2.05) is 0 Å². The molecule has 0 aliphatic heterocycles. The van der Waals surface area contributed by atoms with Gasteiger partial charge >= 0.3 is 0 Å². The molecule has 0 saturated carbocycles. The molecule has 0 aliphatic rings. The van der Waals surface area contributed by atoms with Crippen molar-refractivity contribution in [2.24, 2.45) is 0 Å². The van der Waals surface area contributed by atoms with Gasteiger partial charge in [0.15, 0.2) is 11.5 Å². The van der Waals surface area contributed by atoms with Gasteiger partial charge in [0.05, 0.1) is 27.0 Å². The van der Waals surface area contributed by atoms with E-state index in [9.17, 15) is 14.0 Å². The molecule has 1 amide bonds. The molecule has 0 atom stereocenters. The number of amides is 1. The number of aromatic nitrogens is 2. The average molecular weight is 427 g/mol. The van der Waals surface area contributed by atoms with Crippen LogP contribution in [0.25, 0.3) is 11.3 Å². The molecule has 1 aromatic heterocycles. The highest BCUT2D eigenvalue weighted by atomic mass is 19.1. The Bertz CT molecular complexity index is 1100. The lowest BCUT2D eigenvalue weighted by atomic mass is 10.1. The molecule has 162 valence electrons. The molecule has 1 heterocycles. The van der Waals surface area contributed by atoms with Crippen LogP contribution in [-0.2, 0) is 17.9 Å². The maximum atomic E-state index is 13.0. The number of benzene rings is 2. The fourth-order valence-corrected chi connectivity index (χ4v) is 2.94. The predicted octanol–water partition coefficient (Wildman–Crippen LogP) is 2.39. The van der Waals surface area contributed by atoms with E-state index in [0.717, 1.165) is 10.2 Å². The molecular formula is C22H22FN3O5. The first-order chi connectivity index (χ1) is 14.9. The fraction of sp³-hybridized carbons (Fsp3) is 0.227. The second kappa shape index (κ2) is 9.75. The number of methoxy groups -OCH3 is 3. The zero-order valence-corrected chi connectivity index (χ0v) is 17.3. The number of hydrogen-bond donors (Lipinski definition) is 1. The van der Waals surface area contributed by atoms with E-state index in [1.54, 1.807) is 30.3 Å². The summed E-state index contributed by atoms with van der Waals surface area (Å²) in [7, 11) is 4.50. The molecule has 9 heteroatoms. The summed E-state index contributed by atoms with van der Waals surface area (Å²) in [6.45, 7) is -0.0568. The van der Waals surface area contributed by atoms with Gasteiger partial charge in [-0.1, -0.05) is 12.1 Å². The first kappa shape index (κ1) is 21.8. The van der Waals surface area contributed by atoms with Gasteiger partial charge in [-0.15, -0.1) is 0 Å². The summed E-state index contributed by atoms with van der Waals surface area (Å²) in [4.78, 5) is 24.5. The van der Waals surface area contributed by atoms with Crippen molar-refractivity contribution in [1.29, 1.82) is 0 Å². The van der Waals surface area contributed by atoms with Crippen molar-refractivity contribution in [2.45, 2.75) is 13.1 Å². The molecule has 0 spiro atoms. The van der Waals surface area contributed by atoms with E-state index in [2.05, 4.69) is 10.4 Å². The van der Waals surface area contributed by atoms with Crippen molar-refractivity contribution in [2.75, 3.05) is 21.3 Å². The Hall–Kier alpha value is -3.88. The fourth-order valence-electron chi connectivity index (χ4n) is 2.94. The van der Waals surface area contributed by atoms with Gasteiger partial charge in [0.25, 0.3) is 5.56 Å². The summed E-state index contributed by atoms with van der Waals surface area (Å²) >= 11 is 0. The second-order valence-corrected chi connectivity index (χ2v) is 6.53. The molecule has 0 bridgehead atoms. The largest absolute Gasteiger partial charge is 0.493 e. The first-order valence-corrected chi connectivity index (χ1v) is 9.35. The SMILES string of the molecule is COc1cc(-c2ccc(=O)n(CC(=O)NCc3ccc(F)cc3)n2)cc(OC)c1OC. The van der Waals surface area contributed by atoms with Crippen LogP contribution >= 0.6 is 0 Å². The highest BCUT2D eigenvalue weighted by molar-refractivity contribution is 5.75. The molecule has 0 aliphatic carbocycles. The predicted molar refractivity (Wildman–Crippen MR) is 112 cm³/mol. The summed E-state index contributed by atoms with van der Waals surface area (Å²) in [5.74, 6) is 0.555. The molecule has 31 heavy (non-hydrogen) atoms. The van der Waals surface area contributed by atoms with Crippen LogP contribution in [0.15, 0.2) is 53.3 Å². The van der Waals surface area contributed by atoms with E-state index >= 15 is 0 Å². The van der Waals surface area contributed by atoms with Crippen LogP contribution in [-0.4, -0.2) is 37.0 Å².